The Bertz CT molecular complexity index is 3580. The topological polar surface area (TPSA) is 428 Å². The molecular weight excluding hydrogens is 1460 g/mol. The van der Waals surface area contributed by atoms with Crippen molar-refractivity contribution < 1.29 is 81.4 Å². The Morgan fingerprint density at radius 2 is 1.15 bits per heavy atom. The van der Waals surface area contributed by atoms with Gasteiger partial charge in [-0.3, -0.25) is 62.3 Å². The van der Waals surface area contributed by atoms with Crippen LogP contribution in [0.2, 0.25) is 0 Å². The van der Waals surface area contributed by atoms with Crippen molar-refractivity contribution in [3.05, 3.63) is 83.3 Å². The second-order valence-electron chi connectivity index (χ2n) is 32.2. The van der Waals surface area contributed by atoms with Gasteiger partial charge in [-0.2, -0.15) is 0 Å². The van der Waals surface area contributed by atoms with Crippen molar-refractivity contribution in [2.45, 2.75) is 287 Å². The molecule has 0 aromatic heterocycles. The van der Waals surface area contributed by atoms with Gasteiger partial charge in [-0.1, -0.05) is 179 Å². The van der Waals surface area contributed by atoms with Gasteiger partial charge in [0.2, 0.25) is 70.9 Å². The van der Waals surface area contributed by atoms with Gasteiger partial charge in [-0.15, -0.1) is 0 Å². The average Bonchev–Trinajstić information content (AvgIpc) is 1.77. The van der Waals surface area contributed by atoms with Crippen LogP contribution in [0, 0.1) is 53.2 Å². The molecule has 2 aromatic rings. The summed E-state index contributed by atoms with van der Waals surface area (Å²) in [5.74, 6) is -15.8. The molecule has 30 nitrogen and oxygen atoms in total. The first-order valence-corrected chi connectivity index (χ1v) is 40.1. The second kappa shape index (κ2) is 46.7. The number of nitrogens with one attached hydrogen (secondary N) is 13. The third kappa shape index (κ3) is 29.8. The number of aliphatic hydroxyl groups is 1. The number of halogens is 1. The average molecular weight is 1590 g/mol. The largest absolute Gasteiger partial charge is 0.458 e. The molecule has 0 saturated carbocycles. The molecule has 0 spiro atoms. The number of cyclic esters (lactones) is 1. The SMILES string of the molecule is C/C=C1\NC(=O)[C@H](Cc2ccccc2)NC(=O)[C@@H](C(C)C)NC(=O)[C@@H]([C@@H](C)CC)NC(=O)[C@H](NC(=O)[C@H](NC(=O)[C@H](CCCNCc2ccc(F)cc2)NC(=O)[C@H]2CCCN2C(=O)[C@@H](NC(=O)[C@H](NC(=O)[C@H](NC(=O)[C@@H](NC(=O)CCCC(C)C)C(C)C)[C@H](C)O)C(C)C)C(C)C)[C@@H](C)CC)[C@@H](C)OC(=O)[C@H](C(C)C)NC1=O. The molecule has 2 fully saturated rings. The van der Waals surface area contributed by atoms with Crippen LogP contribution >= 0.6 is 0 Å². The first-order chi connectivity index (χ1) is 53.2. The van der Waals surface area contributed by atoms with Gasteiger partial charge in [0, 0.05) is 25.9 Å². The molecule has 2 aliphatic heterocycles. The van der Waals surface area contributed by atoms with Crippen LogP contribution < -0.4 is 69.1 Å². The third-order valence-electron chi connectivity index (χ3n) is 20.7. The van der Waals surface area contributed by atoms with Gasteiger partial charge in [-0.25, -0.2) is 9.18 Å². The Labute approximate surface area is 666 Å². The van der Waals surface area contributed by atoms with Crippen LogP contribution in [0.5, 0.6) is 0 Å². The van der Waals surface area contributed by atoms with E-state index in [-0.39, 0.29) is 63.2 Å². The number of hydrogen-bond donors (Lipinski definition) is 14. The van der Waals surface area contributed by atoms with Gasteiger partial charge < -0.3 is 83.9 Å². The number of likely N-dealkylation sites (tertiary alicyclic amines) is 1. The molecule has 31 heteroatoms. The molecule has 2 aromatic carbocycles. The van der Waals surface area contributed by atoms with Crippen LogP contribution in [0.1, 0.15) is 200 Å². The van der Waals surface area contributed by atoms with Crippen molar-refractivity contribution >= 4 is 82.8 Å². The fourth-order valence-corrected chi connectivity index (χ4v) is 13.1. The molecule has 113 heavy (non-hydrogen) atoms. The van der Waals surface area contributed by atoms with Crippen LogP contribution in [-0.4, -0.2) is 191 Å². The monoisotopic (exact) mass is 1580 g/mol. The highest BCUT2D eigenvalue weighted by Crippen LogP contribution is 2.24. The smallest absolute Gasteiger partial charge is 0.329 e. The highest BCUT2D eigenvalue weighted by Gasteiger charge is 2.45. The van der Waals surface area contributed by atoms with Crippen molar-refractivity contribution in [3.8, 4) is 0 Å². The van der Waals surface area contributed by atoms with Gasteiger partial charge in [0.05, 0.1) is 6.10 Å². The highest BCUT2D eigenvalue weighted by atomic mass is 19.1. The van der Waals surface area contributed by atoms with E-state index in [2.05, 4.69) is 69.1 Å². The molecule has 630 valence electrons. The Morgan fingerprint density at radius 3 is 1.71 bits per heavy atom. The maximum Gasteiger partial charge on any atom is 0.329 e. The van der Waals surface area contributed by atoms with Crippen molar-refractivity contribution in [1.82, 2.24) is 74.0 Å². The zero-order valence-electron chi connectivity index (χ0n) is 69.6. The number of amides is 13. The van der Waals surface area contributed by atoms with Crippen molar-refractivity contribution in [1.29, 1.82) is 0 Å². The number of ether oxygens (including phenoxy) is 1. The normalized spacial score (nSPS) is 21.8. The molecule has 2 saturated heterocycles. The standard InChI is InChI=1S/C82H129FN14O16/c1-20-49(16)66(78(108)96-69-52(19)113-82(112)65(48(14)15)92-70(100)56(22-3)85-72(102)58(41-53-30-24-23-25-31-53)87-74(104)62(45(8)9)89-77(107)67(50(17)21-2)94-80(69)110)93-71(101)57(32-27-39-84-42-54-35-37-55(83)38-36-54)86-73(103)59-33-28-40-97(59)81(111)64(47(12)13)91-76(106)63(46(10)11)90-79(109)68(51(18)98)95-75(105)61(44(6)7)88-60(99)34-26-29-43(4)5/h22-25,30-31,35-38,43-52,57-59,61-69,84,98H,20-21,26-29,32-34,39-42H2,1-19H3,(H,85,102)(H,86,103)(H,87,104)(H,88,99)(H,89,107)(H,90,109)(H,91,106)(H,92,100)(H,93,101)(H,94,110)(H,95,105)(H,96,108)/b56-22-/t49-,50-,51-,52+,57-,58-,59+,61-,62+,63+,64-,65-,66+,67+,68+,69+/m0/s1. The summed E-state index contributed by atoms with van der Waals surface area (Å²) in [6, 6.07) is -2.15. The van der Waals surface area contributed by atoms with Crippen molar-refractivity contribution in [2.24, 2.45) is 47.3 Å². The van der Waals surface area contributed by atoms with Gasteiger partial charge >= 0.3 is 5.97 Å². The summed E-state index contributed by atoms with van der Waals surface area (Å²) < 4.78 is 19.9. The molecule has 2 aliphatic rings. The van der Waals surface area contributed by atoms with Crippen LogP contribution in [0.15, 0.2) is 66.4 Å². The number of aliphatic hydroxyl groups excluding tert-OH is 1. The number of benzene rings is 2. The lowest BCUT2D eigenvalue weighted by molar-refractivity contribution is -0.157. The molecule has 0 unspecified atom stereocenters. The summed E-state index contributed by atoms with van der Waals surface area (Å²) in [7, 11) is 0. The fourth-order valence-electron chi connectivity index (χ4n) is 13.1. The summed E-state index contributed by atoms with van der Waals surface area (Å²) in [4.78, 5) is 204. The van der Waals surface area contributed by atoms with Gasteiger partial charge in [0.1, 0.15) is 90.1 Å². The Balaban J connectivity index is 1.71. The predicted octanol–water partition coefficient (Wildman–Crippen LogP) is 3.81. The Morgan fingerprint density at radius 1 is 0.593 bits per heavy atom. The van der Waals surface area contributed by atoms with E-state index in [1.807, 2.05) is 13.8 Å². The van der Waals surface area contributed by atoms with E-state index < -0.39 is 209 Å². The molecule has 13 amide bonds. The molecule has 0 bridgehead atoms. The van der Waals surface area contributed by atoms with Gasteiger partial charge in [-0.05, 0) is 130 Å². The van der Waals surface area contributed by atoms with Crippen LogP contribution in [-0.2, 0) is 84.8 Å². The maximum atomic E-state index is 15.3. The number of esters is 1. The summed E-state index contributed by atoms with van der Waals surface area (Å²) in [5.41, 5.74) is 1.11. The second-order valence-corrected chi connectivity index (χ2v) is 32.2. The van der Waals surface area contributed by atoms with Gasteiger partial charge in [0.25, 0.3) is 5.91 Å². The maximum absolute atomic E-state index is 15.3. The fraction of sp³-hybridized carbons (Fsp3) is 0.659. The highest BCUT2D eigenvalue weighted by molar-refractivity contribution is 6.03. The van der Waals surface area contributed by atoms with Gasteiger partial charge in [0.15, 0.2) is 0 Å². The molecule has 4 rings (SSSR count). The zero-order valence-corrected chi connectivity index (χ0v) is 69.6. The quantitative estimate of drug-likeness (QED) is 0.0262. The van der Waals surface area contributed by atoms with E-state index in [1.165, 1.54) is 43.9 Å². The van der Waals surface area contributed by atoms with E-state index in [9.17, 15) is 62.2 Å². The molecule has 16 atom stereocenters. The molecule has 2 heterocycles. The van der Waals surface area contributed by atoms with Crippen LogP contribution in [0.4, 0.5) is 4.39 Å². The van der Waals surface area contributed by atoms with E-state index in [4.69, 9.17) is 4.74 Å². The number of nitrogens with zero attached hydrogens (tertiary/aromatic N) is 1. The minimum Gasteiger partial charge on any atom is -0.458 e. The Kier molecular flexibility index (Phi) is 39.7. The van der Waals surface area contributed by atoms with Crippen molar-refractivity contribution in [3.63, 3.8) is 0 Å². The summed E-state index contributed by atoms with van der Waals surface area (Å²) >= 11 is 0. The molecule has 0 radical (unpaired) electrons. The number of rotatable bonds is 36. The van der Waals surface area contributed by atoms with E-state index in [0.717, 1.165) is 12.0 Å². The lowest BCUT2D eigenvalue weighted by atomic mass is 9.95. The molecule has 14 N–H and O–H groups in total. The first-order valence-electron chi connectivity index (χ1n) is 40.1. The Hall–Kier alpha value is -9.39. The summed E-state index contributed by atoms with van der Waals surface area (Å²) in [5, 5.41) is 46.7. The predicted molar refractivity (Wildman–Crippen MR) is 424 cm³/mol. The molecular formula is C82H129FN14O16. The summed E-state index contributed by atoms with van der Waals surface area (Å²) in [6.45, 7) is 32.2. The number of hydrogen-bond acceptors (Lipinski definition) is 17. The minimum atomic E-state index is -1.85. The van der Waals surface area contributed by atoms with E-state index >= 15 is 14.4 Å². The first kappa shape index (κ1) is 96.0. The lowest BCUT2D eigenvalue weighted by Gasteiger charge is -2.34. The van der Waals surface area contributed by atoms with Crippen molar-refractivity contribution in [2.75, 3.05) is 13.1 Å². The third-order valence-corrected chi connectivity index (χ3v) is 20.7. The molecule has 0 aliphatic carbocycles. The number of allylic oxidation sites excluding steroid dienone is 1. The number of carbonyl (C=O) groups is 14. The van der Waals surface area contributed by atoms with E-state index in [0.29, 0.717) is 37.3 Å². The van der Waals surface area contributed by atoms with Crippen LogP contribution in [0.25, 0.3) is 0 Å². The number of carbonyl (C=O) groups excluding carboxylic acids is 14. The lowest BCUT2D eigenvalue weighted by Crippen LogP contribution is -2.64. The summed E-state index contributed by atoms with van der Waals surface area (Å²) in [6.07, 6.45) is 0.875. The van der Waals surface area contributed by atoms with Crippen LogP contribution in [0.3, 0.4) is 0 Å². The zero-order chi connectivity index (χ0) is 84.8. The minimum absolute atomic E-state index is 0.0449. The van der Waals surface area contributed by atoms with E-state index in [1.54, 1.807) is 139 Å².